The Bertz CT molecular complexity index is 242. The number of nitrogens with zero attached hydrogens (tertiary/aromatic N) is 2. The molecule has 3 unspecified atom stereocenters. The number of hydrogen-bond acceptors (Lipinski definition) is 3. The Labute approximate surface area is 113 Å². The number of rotatable bonds is 4. The molecule has 0 bridgehead atoms. The van der Waals surface area contributed by atoms with Crippen molar-refractivity contribution in [2.75, 3.05) is 33.7 Å². The monoisotopic (exact) mass is 253 g/mol. The molecule has 1 N–H and O–H groups in total. The number of likely N-dealkylation sites (N-methyl/N-ethyl adjacent to an activating group) is 3. The Kier molecular flexibility index (Phi) is 5.46. The van der Waals surface area contributed by atoms with E-state index in [2.05, 4.69) is 36.1 Å². The number of nitrogens with one attached hydrogen (secondary N) is 1. The van der Waals surface area contributed by atoms with Crippen LogP contribution in [0.1, 0.15) is 45.4 Å². The summed E-state index contributed by atoms with van der Waals surface area (Å²) in [6.45, 7) is 5.89. The van der Waals surface area contributed by atoms with Crippen molar-refractivity contribution < 1.29 is 0 Å². The molecule has 3 nitrogen and oxygen atoms in total. The topological polar surface area (TPSA) is 18.5 Å². The first-order valence-electron chi connectivity index (χ1n) is 7.86. The van der Waals surface area contributed by atoms with Crippen LogP contribution >= 0.6 is 0 Å². The average Bonchev–Trinajstić information content (AvgIpc) is 2.39. The molecule has 1 aliphatic carbocycles. The van der Waals surface area contributed by atoms with Crippen LogP contribution < -0.4 is 5.32 Å². The summed E-state index contributed by atoms with van der Waals surface area (Å²) < 4.78 is 0. The second-order valence-corrected chi connectivity index (χ2v) is 6.24. The molecule has 0 radical (unpaired) electrons. The molecule has 18 heavy (non-hydrogen) atoms. The maximum Gasteiger partial charge on any atom is 0.0249 e. The molecular weight excluding hydrogens is 222 g/mol. The van der Waals surface area contributed by atoms with Gasteiger partial charge in [-0.25, -0.2) is 0 Å². The third kappa shape index (κ3) is 3.46. The van der Waals surface area contributed by atoms with Gasteiger partial charge < -0.3 is 10.2 Å². The van der Waals surface area contributed by atoms with Crippen LogP contribution in [0.15, 0.2) is 0 Å². The third-order valence-electron chi connectivity index (χ3n) is 4.89. The van der Waals surface area contributed by atoms with Crippen molar-refractivity contribution in [3.05, 3.63) is 0 Å². The summed E-state index contributed by atoms with van der Waals surface area (Å²) >= 11 is 0. The fourth-order valence-electron chi connectivity index (χ4n) is 3.84. The molecule has 0 aromatic heterocycles. The molecule has 0 aromatic carbocycles. The van der Waals surface area contributed by atoms with Crippen molar-refractivity contribution in [3.63, 3.8) is 0 Å². The quantitative estimate of drug-likeness (QED) is 0.826. The van der Waals surface area contributed by atoms with Crippen LogP contribution in [-0.2, 0) is 0 Å². The summed E-state index contributed by atoms with van der Waals surface area (Å²) in [4.78, 5) is 5.19. The molecule has 1 heterocycles. The lowest BCUT2D eigenvalue weighted by Gasteiger charge is -2.45. The first-order chi connectivity index (χ1) is 8.72. The molecule has 0 spiro atoms. The molecule has 0 amide bonds. The van der Waals surface area contributed by atoms with E-state index in [0.29, 0.717) is 0 Å². The summed E-state index contributed by atoms with van der Waals surface area (Å²) in [7, 11) is 4.63. The molecule has 2 aliphatic rings. The Morgan fingerprint density at radius 3 is 2.67 bits per heavy atom. The smallest absolute Gasteiger partial charge is 0.0249 e. The first-order valence-corrected chi connectivity index (χ1v) is 7.86. The Morgan fingerprint density at radius 2 is 1.94 bits per heavy atom. The van der Waals surface area contributed by atoms with Crippen LogP contribution in [0.2, 0.25) is 0 Å². The second kappa shape index (κ2) is 6.88. The second-order valence-electron chi connectivity index (χ2n) is 6.24. The minimum absolute atomic E-state index is 0.723. The van der Waals surface area contributed by atoms with Gasteiger partial charge in [0, 0.05) is 24.7 Å². The van der Waals surface area contributed by atoms with Gasteiger partial charge in [0.25, 0.3) is 0 Å². The lowest BCUT2D eigenvalue weighted by Crippen LogP contribution is -2.56. The summed E-state index contributed by atoms with van der Waals surface area (Å²) in [5.74, 6) is 0. The van der Waals surface area contributed by atoms with Crippen LogP contribution in [0.25, 0.3) is 0 Å². The zero-order valence-corrected chi connectivity index (χ0v) is 12.5. The van der Waals surface area contributed by atoms with Crippen molar-refractivity contribution >= 4 is 0 Å². The maximum atomic E-state index is 3.71. The van der Waals surface area contributed by atoms with Gasteiger partial charge in [-0.15, -0.1) is 0 Å². The van der Waals surface area contributed by atoms with Crippen molar-refractivity contribution in [2.45, 2.75) is 63.6 Å². The van der Waals surface area contributed by atoms with Crippen LogP contribution in [0.4, 0.5) is 0 Å². The van der Waals surface area contributed by atoms with Crippen molar-refractivity contribution in [2.24, 2.45) is 0 Å². The highest BCUT2D eigenvalue weighted by atomic mass is 15.2. The molecular formula is C15H31N3. The van der Waals surface area contributed by atoms with Crippen LogP contribution in [0.5, 0.6) is 0 Å². The summed E-state index contributed by atoms with van der Waals surface area (Å²) in [6.07, 6.45) is 8.33. The summed E-state index contributed by atoms with van der Waals surface area (Å²) in [5, 5.41) is 3.71. The van der Waals surface area contributed by atoms with Gasteiger partial charge in [0.15, 0.2) is 0 Å². The normalized spacial score (nSPS) is 35.0. The predicted octanol–water partition coefficient (Wildman–Crippen LogP) is 1.93. The molecule has 2 fully saturated rings. The largest absolute Gasteiger partial charge is 0.313 e. The molecule has 3 atom stereocenters. The number of hydrogen-bond donors (Lipinski definition) is 1. The standard InChI is InChI=1S/C15H31N3/c1-4-16-14-9-5-6-10-15(14)18(3)13-8-7-11-17(2)12-13/h13-16H,4-12H2,1-3H3. The zero-order valence-electron chi connectivity index (χ0n) is 12.5. The van der Waals surface area contributed by atoms with E-state index in [1.54, 1.807) is 0 Å². The van der Waals surface area contributed by atoms with Crippen LogP contribution in [-0.4, -0.2) is 61.7 Å². The molecule has 3 heteroatoms. The molecule has 1 saturated carbocycles. The number of piperidine rings is 1. The van der Waals surface area contributed by atoms with E-state index in [1.807, 2.05) is 0 Å². The highest BCUT2D eigenvalue weighted by molar-refractivity contribution is 4.91. The predicted molar refractivity (Wildman–Crippen MR) is 78.0 cm³/mol. The van der Waals surface area contributed by atoms with Crippen LogP contribution in [0, 0.1) is 0 Å². The van der Waals surface area contributed by atoms with E-state index < -0.39 is 0 Å². The van der Waals surface area contributed by atoms with Crippen molar-refractivity contribution in [1.82, 2.24) is 15.1 Å². The average molecular weight is 253 g/mol. The lowest BCUT2D eigenvalue weighted by atomic mass is 9.87. The Balaban J connectivity index is 1.94. The highest BCUT2D eigenvalue weighted by Crippen LogP contribution is 2.26. The van der Waals surface area contributed by atoms with Gasteiger partial charge in [-0.2, -0.15) is 0 Å². The number of likely N-dealkylation sites (tertiary alicyclic amines) is 1. The van der Waals surface area contributed by atoms with Gasteiger partial charge in [-0.05, 0) is 52.9 Å². The van der Waals surface area contributed by atoms with E-state index >= 15 is 0 Å². The van der Waals surface area contributed by atoms with E-state index in [9.17, 15) is 0 Å². The molecule has 0 aromatic rings. The first kappa shape index (κ1) is 14.3. The van der Waals surface area contributed by atoms with Gasteiger partial charge in [-0.3, -0.25) is 4.90 Å². The van der Waals surface area contributed by atoms with Crippen LogP contribution in [0.3, 0.4) is 0 Å². The molecule has 2 rings (SSSR count). The van der Waals surface area contributed by atoms with Gasteiger partial charge in [0.1, 0.15) is 0 Å². The van der Waals surface area contributed by atoms with E-state index in [1.165, 1.54) is 51.6 Å². The molecule has 1 saturated heterocycles. The molecule has 106 valence electrons. The fraction of sp³-hybridized carbons (Fsp3) is 1.00. The maximum absolute atomic E-state index is 3.71. The van der Waals surface area contributed by atoms with E-state index in [0.717, 1.165) is 24.7 Å². The van der Waals surface area contributed by atoms with Crippen molar-refractivity contribution in [1.29, 1.82) is 0 Å². The minimum atomic E-state index is 0.723. The fourth-order valence-corrected chi connectivity index (χ4v) is 3.84. The summed E-state index contributed by atoms with van der Waals surface area (Å²) in [6, 6.07) is 2.25. The molecule has 1 aliphatic heterocycles. The van der Waals surface area contributed by atoms with Gasteiger partial charge in [0.2, 0.25) is 0 Å². The lowest BCUT2D eigenvalue weighted by molar-refractivity contribution is 0.0639. The van der Waals surface area contributed by atoms with Gasteiger partial charge in [0.05, 0.1) is 0 Å². The van der Waals surface area contributed by atoms with Gasteiger partial charge >= 0.3 is 0 Å². The van der Waals surface area contributed by atoms with Crippen molar-refractivity contribution in [3.8, 4) is 0 Å². The van der Waals surface area contributed by atoms with E-state index in [-0.39, 0.29) is 0 Å². The highest BCUT2D eigenvalue weighted by Gasteiger charge is 2.32. The Morgan fingerprint density at radius 1 is 1.17 bits per heavy atom. The summed E-state index contributed by atoms with van der Waals surface area (Å²) in [5.41, 5.74) is 0. The zero-order chi connectivity index (χ0) is 13.0. The van der Waals surface area contributed by atoms with E-state index in [4.69, 9.17) is 0 Å². The SMILES string of the molecule is CCNC1CCCCC1N(C)C1CCCN(C)C1. The minimum Gasteiger partial charge on any atom is -0.313 e. The third-order valence-corrected chi connectivity index (χ3v) is 4.89. The Hall–Kier alpha value is -0.120. The van der Waals surface area contributed by atoms with Gasteiger partial charge in [-0.1, -0.05) is 19.8 Å².